The first-order chi connectivity index (χ1) is 8.15. The zero-order chi connectivity index (χ0) is 12.3. The Morgan fingerprint density at radius 3 is 2.94 bits per heavy atom. The van der Waals surface area contributed by atoms with Crippen LogP contribution >= 0.6 is 0 Å². The average Bonchev–Trinajstić information content (AvgIpc) is 2.73. The molecule has 17 heavy (non-hydrogen) atoms. The zero-order valence-corrected chi connectivity index (χ0v) is 8.93. The molecule has 6 heteroatoms. The Bertz CT molecular complexity index is 562. The topological polar surface area (TPSA) is 95.1 Å². The van der Waals surface area contributed by atoms with Crippen LogP contribution in [0.3, 0.4) is 0 Å². The molecule has 2 aromatic rings. The van der Waals surface area contributed by atoms with Gasteiger partial charge in [0.1, 0.15) is 0 Å². The Balaban J connectivity index is 2.02. The Labute approximate surface area is 96.6 Å². The van der Waals surface area contributed by atoms with Crippen molar-refractivity contribution in [2.24, 2.45) is 0 Å². The lowest BCUT2D eigenvalue weighted by Crippen LogP contribution is -2.13. The van der Waals surface area contributed by atoms with Crippen LogP contribution in [0.2, 0.25) is 0 Å². The van der Waals surface area contributed by atoms with Crippen LogP contribution < -0.4 is 5.32 Å². The Kier molecular flexibility index (Phi) is 3.04. The largest absolute Gasteiger partial charge is 0.481 e. The van der Waals surface area contributed by atoms with Crippen LogP contribution in [0.15, 0.2) is 24.4 Å². The standard InChI is InChI=1S/C11H11N3O3/c15-10(3-4-11(16)17)13-8-2-1-7-6-12-14-9(7)5-8/h1-2,5-6H,3-4H2,(H,12,14)(H,13,15)(H,16,17). The lowest BCUT2D eigenvalue weighted by molar-refractivity contribution is -0.138. The van der Waals surface area contributed by atoms with Gasteiger partial charge >= 0.3 is 5.97 Å². The van der Waals surface area contributed by atoms with E-state index in [-0.39, 0.29) is 18.7 Å². The van der Waals surface area contributed by atoms with E-state index in [1.54, 1.807) is 18.3 Å². The van der Waals surface area contributed by atoms with Gasteiger partial charge in [-0.1, -0.05) is 0 Å². The number of hydrogen-bond acceptors (Lipinski definition) is 3. The van der Waals surface area contributed by atoms with Gasteiger partial charge in [0, 0.05) is 17.5 Å². The summed E-state index contributed by atoms with van der Waals surface area (Å²) in [5, 5.41) is 18.7. The van der Waals surface area contributed by atoms with Crippen molar-refractivity contribution in [3.05, 3.63) is 24.4 Å². The number of nitrogens with one attached hydrogen (secondary N) is 2. The molecule has 0 aliphatic rings. The molecule has 1 aromatic heterocycles. The number of H-pyrrole nitrogens is 1. The monoisotopic (exact) mass is 233 g/mol. The molecule has 0 unspecified atom stereocenters. The third-order valence-electron chi connectivity index (χ3n) is 2.29. The van der Waals surface area contributed by atoms with E-state index in [9.17, 15) is 9.59 Å². The molecule has 1 amide bonds. The van der Waals surface area contributed by atoms with E-state index in [4.69, 9.17) is 5.11 Å². The molecule has 1 heterocycles. The summed E-state index contributed by atoms with van der Waals surface area (Å²) >= 11 is 0. The van der Waals surface area contributed by atoms with Crippen molar-refractivity contribution in [3.8, 4) is 0 Å². The van der Waals surface area contributed by atoms with Gasteiger partial charge in [0.25, 0.3) is 0 Å². The first kappa shape index (κ1) is 11.1. The van der Waals surface area contributed by atoms with Crippen molar-refractivity contribution in [2.75, 3.05) is 5.32 Å². The fraction of sp³-hybridized carbons (Fsp3) is 0.182. The van der Waals surface area contributed by atoms with E-state index in [0.717, 1.165) is 10.9 Å². The highest BCUT2D eigenvalue weighted by Crippen LogP contribution is 2.16. The molecule has 0 bridgehead atoms. The van der Waals surface area contributed by atoms with E-state index in [1.807, 2.05) is 6.07 Å². The normalized spacial score (nSPS) is 10.4. The first-order valence-electron chi connectivity index (χ1n) is 5.10. The molecule has 0 aliphatic heterocycles. The van der Waals surface area contributed by atoms with Crippen molar-refractivity contribution < 1.29 is 14.7 Å². The van der Waals surface area contributed by atoms with Crippen molar-refractivity contribution in [1.82, 2.24) is 10.2 Å². The molecule has 0 atom stereocenters. The number of aliphatic carboxylic acids is 1. The molecule has 0 fully saturated rings. The predicted octanol–water partition coefficient (Wildman–Crippen LogP) is 1.37. The van der Waals surface area contributed by atoms with Crippen LogP contribution in [0.1, 0.15) is 12.8 Å². The first-order valence-corrected chi connectivity index (χ1v) is 5.10. The van der Waals surface area contributed by atoms with Crippen LogP contribution in [0, 0.1) is 0 Å². The number of hydrogen-bond donors (Lipinski definition) is 3. The second-order valence-corrected chi connectivity index (χ2v) is 3.61. The maximum Gasteiger partial charge on any atom is 0.303 e. The van der Waals surface area contributed by atoms with Gasteiger partial charge in [-0.2, -0.15) is 5.10 Å². The minimum absolute atomic E-state index is 0.0314. The van der Waals surface area contributed by atoms with Gasteiger partial charge in [0.05, 0.1) is 18.1 Å². The molecule has 3 N–H and O–H groups in total. The van der Waals surface area contributed by atoms with Gasteiger partial charge in [-0.05, 0) is 18.2 Å². The highest BCUT2D eigenvalue weighted by molar-refractivity contribution is 5.94. The summed E-state index contributed by atoms with van der Waals surface area (Å²) in [5.41, 5.74) is 1.44. The number of carbonyl (C=O) groups is 2. The highest BCUT2D eigenvalue weighted by atomic mass is 16.4. The minimum Gasteiger partial charge on any atom is -0.481 e. The summed E-state index contributed by atoms with van der Waals surface area (Å²) in [6.07, 6.45) is 1.49. The van der Waals surface area contributed by atoms with E-state index < -0.39 is 5.97 Å². The Morgan fingerprint density at radius 1 is 1.35 bits per heavy atom. The van der Waals surface area contributed by atoms with E-state index in [1.165, 1.54) is 0 Å². The number of amides is 1. The third-order valence-corrected chi connectivity index (χ3v) is 2.29. The summed E-state index contributed by atoms with van der Waals surface area (Å²) in [7, 11) is 0. The highest BCUT2D eigenvalue weighted by Gasteiger charge is 2.06. The smallest absolute Gasteiger partial charge is 0.303 e. The lowest BCUT2D eigenvalue weighted by Gasteiger charge is -2.03. The summed E-state index contributed by atoms with van der Waals surface area (Å²) in [4.78, 5) is 21.7. The maximum absolute atomic E-state index is 11.4. The van der Waals surface area contributed by atoms with E-state index >= 15 is 0 Å². The zero-order valence-electron chi connectivity index (χ0n) is 8.93. The Hall–Kier alpha value is -2.37. The predicted molar refractivity (Wildman–Crippen MR) is 61.6 cm³/mol. The quantitative estimate of drug-likeness (QED) is 0.743. The van der Waals surface area contributed by atoms with Crippen LogP contribution in [0.4, 0.5) is 5.69 Å². The fourth-order valence-corrected chi connectivity index (χ4v) is 1.46. The molecular weight excluding hydrogens is 222 g/mol. The minimum atomic E-state index is -0.982. The second-order valence-electron chi connectivity index (χ2n) is 3.61. The SMILES string of the molecule is O=C(O)CCC(=O)Nc1ccc2cn[nH]c2c1. The fourth-order valence-electron chi connectivity index (χ4n) is 1.46. The number of rotatable bonds is 4. The van der Waals surface area contributed by atoms with Crippen molar-refractivity contribution in [3.63, 3.8) is 0 Å². The third kappa shape index (κ3) is 2.81. The van der Waals surface area contributed by atoms with Crippen LogP contribution in [-0.2, 0) is 9.59 Å². The molecule has 0 radical (unpaired) electrons. The van der Waals surface area contributed by atoms with Gasteiger partial charge in [-0.15, -0.1) is 0 Å². The summed E-state index contributed by atoms with van der Waals surface area (Å²) < 4.78 is 0. The lowest BCUT2D eigenvalue weighted by atomic mass is 10.2. The van der Waals surface area contributed by atoms with Crippen molar-refractivity contribution >= 4 is 28.5 Å². The number of benzene rings is 1. The molecular formula is C11H11N3O3. The van der Waals surface area contributed by atoms with Gasteiger partial charge < -0.3 is 10.4 Å². The number of aromatic amines is 1. The molecule has 0 saturated heterocycles. The summed E-state index contributed by atoms with van der Waals surface area (Å²) in [6.45, 7) is 0. The van der Waals surface area contributed by atoms with Gasteiger partial charge in [-0.3, -0.25) is 14.7 Å². The molecule has 2 rings (SSSR count). The van der Waals surface area contributed by atoms with Crippen LogP contribution in [-0.4, -0.2) is 27.2 Å². The number of carboxylic acids is 1. The number of carbonyl (C=O) groups excluding carboxylic acids is 1. The summed E-state index contributed by atoms with van der Waals surface area (Å²) in [6, 6.07) is 5.32. The number of anilines is 1. The molecule has 0 aliphatic carbocycles. The van der Waals surface area contributed by atoms with Crippen molar-refractivity contribution in [2.45, 2.75) is 12.8 Å². The average molecular weight is 233 g/mol. The number of nitrogens with zero attached hydrogens (tertiary/aromatic N) is 1. The molecule has 6 nitrogen and oxygen atoms in total. The van der Waals surface area contributed by atoms with Crippen LogP contribution in [0.5, 0.6) is 0 Å². The Morgan fingerprint density at radius 2 is 2.18 bits per heavy atom. The molecule has 1 aromatic carbocycles. The van der Waals surface area contributed by atoms with Gasteiger partial charge in [0.2, 0.25) is 5.91 Å². The van der Waals surface area contributed by atoms with Crippen molar-refractivity contribution in [1.29, 1.82) is 0 Å². The van der Waals surface area contributed by atoms with E-state index in [2.05, 4.69) is 15.5 Å². The molecule has 0 spiro atoms. The van der Waals surface area contributed by atoms with E-state index in [0.29, 0.717) is 5.69 Å². The molecule has 0 saturated carbocycles. The number of fused-ring (bicyclic) bond motifs is 1. The van der Waals surface area contributed by atoms with Gasteiger partial charge in [0.15, 0.2) is 0 Å². The van der Waals surface area contributed by atoms with Gasteiger partial charge in [-0.25, -0.2) is 0 Å². The number of aromatic nitrogens is 2. The van der Waals surface area contributed by atoms with Crippen LogP contribution in [0.25, 0.3) is 10.9 Å². The summed E-state index contributed by atoms with van der Waals surface area (Å²) in [5.74, 6) is -1.30. The number of carboxylic acid groups (broad SMARTS) is 1. The molecule has 88 valence electrons. The second kappa shape index (κ2) is 4.65. The maximum atomic E-state index is 11.4.